The van der Waals surface area contributed by atoms with Crippen LogP contribution in [0.5, 0.6) is 0 Å². The molecule has 6 aliphatic rings. The molecule has 0 aromatic rings. The topological polar surface area (TPSA) is 70.1 Å². The number of carbonyl (C=O) groups is 1. The predicted octanol–water partition coefficient (Wildman–Crippen LogP) is 3.01. The van der Waals surface area contributed by atoms with Crippen LogP contribution in [-0.4, -0.2) is 39.9 Å². The molecule has 5 aliphatic carbocycles. The average Bonchev–Trinajstić information content (AvgIpc) is 3.52. The first kappa shape index (κ1) is 17.2. The van der Waals surface area contributed by atoms with Gasteiger partial charge in [0.25, 0.3) is 0 Å². The summed E-state index contributed by atoms with van der Waals surface area (Å²) in [6.45, 7) is 4.84. The van der Waals surface area contributed by atoms with Gasteiger partial charge in [0, 0.05) is 23.9 Å². The maximum atomic E-state index is 12.2. The summed E-state index contributed by atoms with van der Waals surface area (Å²) >= 11 is 0. The van der Waals surface area contributed by atoms with Crippen molar-refractivity contribution in [3.63, 3.8) is 0 Å². The van der Waals surface area contributed by atoms with Gasteiger partial charge in [-0.25, -0.2) is 0 Å². The number of ketones is 1. The Morgan fingerprint density at radius 2 is 2.11 bits per heavy atom. The van der Waals surface area contributed by atoms with Crippen LogP contribution in [0.2, 0.25) is 0 Å². The fraction of sp³-hybridized carbons (Fsp3) is 0.870. The lowest BCUT2D eigenvalue weighted by Crippen LogP contribution is -2.60. The quantitative estimate of drug-likeness (QED) is 0.747. The molecule has 27 heavy (non-hydrogen) atoms. The highest BCUT2D eigenvalue weighted by atomic mass is 16.6. The molecule has 148 valence electrons. The molecule has 1 heterocycles. The predicted molar refractivity (Wildman–Crippen MR) is 99.8 cm³/mol. The van der Waals surface area contributed by atoms with Crippen LogP contribution in [0.4, 0.5) is 0 Å². The smallest absolute Gasteiger partial charge is 0.155 e. The van der Waals surface area contributed by atoms with Crippen molar-refractivity contribution in [1.82, 2.24) is 0 Å². The van der Waals surface area contributed by atoms with Gasteiger partial charge in [0.15, 0.2) is 5.78 Å². The zero-order chi connectivity index (χ0) is 18.8. The summed E-state index contributed by atoms with van der Waals surface area (Å²) in [6, 6.07) is 0. The first-order chi connectivity index (χ1) is 12.8. The largest absolute Gasteiger partial charge is 0.396 e. The molecule has 0 aromatic carbocycles. The van der Waals surface area contributed by atoms with Gasteiger partial charge in [-0.3, -0.25) is 4.79 Å². The van der Waals surface area contributed by atoms with Crippen molar-refractivity contribution in [2.75, 3.05) is 6.61 Å². The third-order valence-electron chi connectivity index (χ3n) is 10.2. The number of epoxide rings is 1. The van der Waals surface area contributed by atoms with E-state index in [1.165, 1.54) is 12.0 Å². The van der Waals surface area contributed by atoms with Crippen LogP contribution in [0.1, 0.15) is 65.2 Å². The highest BCUT2D eigenvalue weighted by Gasteiger charge is 2.84. The van der Waals surface area contributed by atoms with Crippen LogP contribution in [0.3, 0.4) is 0 Å². The van der Waals surface area contributed by atoms with Gasteiger partial charge >= 0.3 is 0 Å². The summed E-state index contributed by atoms with van der Waals surface area (Å²) in [5.74, 6) is 2.56. The average molecular weight is 373 g/mol. The number of carbonyl (C=O) groups excluding carboxylic acids is 1. The molecule has 0 radical (unpaired) electrons. The number of ether oxygens (including phenoxy) is 1. The third kappa shape index (κ3) is 1.76. The van der Waals surface area contributed by atoms with Crippen molar-refractivity contribution in [1.29, 1.82) is 0 Å². The highest BCUT2D eigenvalue weighted by molar-refractivity contribution is 5.92. The van der Waals surface area contributed by atoms with E-state index in [0.29, 0.717) is 48.7 Å². The molecule has 5 fully saturated rings. The first-order valence-corrected chi connectivity index (χ1v) is 11.1. The lowest BCUT2D eigenvalue weighted by Gasteiger charge is -2.56. The molecule has 0 aromatic heterocycles. The van der Waals surface area contributed by atoms with E-state index in [9.17, 15) is 15.0 Å². The number of fused-ring (bicyclic) bond motifs is 6. The Balaban J connectivity index is 1.42. The van der Waals surface area contributed by atoms with E-state index in [0.717, 1.165) is 25.7 Å². The molecule has 0 bridgehead atoms. The van der Waals surface area contributed by atoms with Crippen molar-refractivity contribution in [3.8, 4) is 0 Å². The Hall–Kier alpha value is -0.710. The number of rotatable bonds is 3. The van der Waals surface area contributed by atoms with E-state index in [-0.39, 0.29) is 29.1 Å². The van der Waals surface area contributed by atoms with Crippen LogP contribution in [-0.2, 0) is 9.53 Å². The monoisotopic (exact) mass is 372 g/mol. The van der Waals surface area contributed by atoms with E-state index < -0.39 is 5.60 Å². The molecule has 1 aliphatic heterocycles. The van der Waals surface area contributed by atoms with E-state index in [4.69, 9.17) is 4.74 Å². The molecule has 1 spiro atoms. The Bertz CT molecular complexity index is 759. The summed E-state index contributed by atoms with van der Waals surface area (Å²) in [4.78, 5) is 12.2. The van der Waals surface area contributed by atoms with Crippen molar-refractivity contribution in [2.45, 2.75) is 82.5 Å². The third-order valence-corrected chi connectivity index (χ3v) is 10.2. The Morgan fingerprint density at radius 3 is 2.89 bits per heavy atom. The van der Waals surface area contributed by atoms with Gasteiger partial charge < -0.3 is 14.9 Å². The second kappa shape index (κ2) is 4.88. The zero-order valence-electron chi connectivity index (χ0n) is 16.5. The standard InChI is InChI=1S/C23H32O4/c1-20-7-4-13(25)10-17(20)14-11-15(14)19-16-5-8-22(26,6-3-9-24)21(16,2)12-18-23(19,20)27-18/h10,14-16,18-19,24,26H,3-9,11-12H2,1-2H3/t14-,15?,16+,18-,19+,20+,21+,22+,23-/m1/s1. The fourth-order valence-electron chi connectivity index (χ4n) is 8.71. The van der Waals surface area contributed by atoms with Gasteiger partial charge in [0.2, 0.25) is 0 Å². The molecular formula is C23H32O4. The van der Waals surface area contributed by atoms with Gasteiger partial charge in [0.05, 0.1) is 11.7 Å². The lowest BCUT2D eigenvalue weighted by molar-refractivity contribution is -0.123. The summed E-state index contributed by atoms with van der Waals surface area (Å²) < 4.78 is 6.66. The second-order valence-corrected chi connectivity index (χ2v) is 11.0. The van der Waals surface area contributed by atoms with Crippen LogP contribution < -0.4 is 0 Å². The Labute approximate surface area is 161 Å². The first-order valence-electron chi connectivity index (χ1n) is 11.1. The van der Waals surface area contributed by atoms with E-state index in [1.807, 2.05) is 6.08 Å². The van der Waals surface area contributed by atoms with Gasteiger partial charge in [-0.1, -0.05) is 19.4 Å². The summed E-state index contributed by atoms with van der Waals surface area (Å²) in [7, 11) is 0. The molecule has 4 heteroatoms. The molecule has 1 unspecified atom stereocenters. The fourth-order valence-corrected chi connectivity index (χ4v) is 8.71. The SMILES string of the molecule is C[C@]12CCC(=O)C=C1[C@@H]1CC1[C@H]1[C@@H]3CC[C@@](O)(CCCO)[C@@]3(C)C[C@H]3O[C@]312. The van der Waals surface area contributed by atoms with Crippen molar-refractivity contribution >= 4 is 5.78 Å². The molecule has 1 saturated heterocycles. The second-order valence-electron chi connectivity index (χ2n) is 11.0. The van der Waals surface area contributed by atoms with Crippen molar-refractivity contribution in [2.24, 2.45) is 34.5 Å². The molecule has 4 saturated carbocycles. The van der Waals surface area contributed by atoms with Gasteiger partial charge in [-0.2, -0.15) is 0 Å². The Morgan fingerprint density at radius 1 is 1.30 bits per heavy atom. The highest BCUT2D eigenvalue weighted by Crippen LogP contribution is 2.82. The molecule has 2 N–H and O–H groups in total. The maximum Gasteiger partial charge on any atom is 0.155 e. The molecule has 9 atom stereocenters. The molecular weight excluding hydrogens is 340 g/mol. The number of hydrogen-bond donors (Lipinski definition) is 2. The summed E-state index contributed by atoms with van der Waals surface area (Å²) in [6.07, 6.45) is 9.27. The van der Waals surface area contributed by atoms with Crippen LogP contribution >= 0.6 is 0 Å². The van der Waals surface area contributed by atoms with Crippen LogP contribution in [0, 0.1) is 34.5 Å². The number of aliphatic hydroxyl groups is 2. The molecule has 4 nitrogen and oxygen atoms in total. The van der Waals surface area contributed by atoms with Gasteiger partial charge in [0.1, 0.15) is 5.60 Å². The number of hydrogen-bond acceptors (Lipinski definition) is 4. The molecule has 6 rings (SSSR count). The van der Waals surface area contributed by atoms with E-state index in [1.54, 1.807) is 0 Å². The lowest BCUT2D eigenvalue weighted by atomic mass is 9.46. The summed E-state index contributed by atoms with van der Waals surface area (Å²) in [5.41, 5.74) is 0.569. The normalized spacial score (nSPS) is 59.8. The zero-order valence-corrected chi connectivity index (χ0v) is 16.5. The van der Waals surface area contributed by atoms with Gasteiger partial charge in [-0.15, -0.1) is 0 Å². The minimum atomic E-state index is -0.664. The summed E-state index contributed by atoms with van der Waals surface area (Å²) in [5, 5.41) is 20.9. The minimum Gasteiger partial charge on any atom is -0.396 e. The Kier molecular flexibility index (Phi) is 3.10. The van der Waals surface area contributed by atoms with Crippen molar-refractivity contribution < 1.29 is 19.7 Å². The maximum absolute atomic E-state index is 12.2. The van der Waals surface area contributed by atoms with Crippen LogP contribution in [0.25, 0.3) is 0 Å². The minimum absolute atomic E-state index is 0.0149. The van der Waals surface area contributed by atoms with E-state index >= 15 is 0 Å². The van der Waals surface area contributed by atoms with Crippen LogP contribution in [0.15, 0.2) is 11.6 Å². The van der Waals surface area contributed by atoms with Crippen molar-refractivity contribution in [3.05, 3.63) is 11.6 Å². The van der Waals surface area contributed by atoms with Gasteiger partial charge in [-0.05, 0) is 74.7 Å². The van der Waals surface area contributed by atoms with E-state index in [2.05, 4.69) is 13.8 Å². The molecule has 0 amide bonds. The number of aliphatic hydroxyl groups excluding tert-OH is 1.